The van der Waals surface area contributed by atoms with Gasteiger partial charge in [0, 0.05) is 19.8 Å². The first kappa shape index (κ1) is 15.0. The second-order valence-corrected chi connectivity index (χ2v) is 4.05. The van der Waals surface area contributed by atoms with Crippen LogP contribution in [0.3, 0.4) is 0 Å². The Bertz CT molecular complexity index is 331. The molecule has 0 radical (unpaired) electrons. The number of nitrogens with one attached hydrogen (secondary N) is 1. The number of rotatable bonds is 9. The Morgan fingerprint density at radius 2 is 2.22 bits per heavy atom. The lowest BCUT2D eigenvalue weighted by molar-refractivity contribution is 0.141. The van der Waals surface area contributed by atoms with E-state index in [1.54, 1.807) is 7.11 Å². The van der Waals surface area contributed by atoms with Gasteiger partial charge < -0.3 is 19.9 Å². The topological polar surface area (TPSA) is 50.7 Å². The summed E-state index contributed by atoms with van der Waals surface area (Å²) in [5, 5.41) is 13.2. The van der Waals surface area contributed by atoms with Gasteiger partial charge in [-0.05, 0) is 37.6 Å². The average Bonchev–Trinajstić information content (AvgIpc) is 2.42. The van der Waals surface area contributed by atoms with E-state index in [0.717, 1.165) is 37.5 Å². The largest absolute Gasteiger partial charge is 0.497 e. The van der Waals surface area contributed by atoms with Gasteiger partial charge in [0.05, 0.1) is 13.2 Å². The Labute approximate surface area is 109 Å². The van der Waals surface area contributed by atoms with Crippen LogP contribution in [0.2, 0.25) is 0 Å². The predicted octanol–water partition coefficient (Wildman–Crippen LogP) is 1.74. The molecule has 0 saturated heterocycles. The molecule has 2 N–H and O–H groups in total. The summed E-state index contributed by atoms with van der Waals surface area (Å²) >= 11 is 0. The minimum atomic E-state index is -0.507. The van der Waals surface area contributed by atoms with E-state index < -0.39 is 6.10 Å². The molecule has 0 heterocycles. The summed E-state index contributed by atoms with van der Waals surface area (Å²) < 4.78 is 10.4. The molecule has 1 unspecified atom stereocenters. The Balaban J connectivity index is 2.25. The minimum Gasteiger partial charge on any atom is -0.497 e. The van der Waals surface area contributed by atoms with Gasteiger partial charge in [0.15, 0.2) is 0 Å². The first-order valence-electron chi connectivity index (χ1n) is 6.38. The average molecular weight is 253 g/mol. The summed E-state index contributed by atoms with van der Waals surface area (Å²) in [6.07, 6.45) is 0.450. The molecule has 102 valence electrons. The maximum atomic E-state index is 9.99. The number of hydrogen-bond acceptors (Lipinski definition) is 4. The lowest BCUT2D eigenvalue weighted by atomic mass is 10.1. The number of benzene rings is 1. The Hall–Kier alpha value is -1.10. The van der Waals surface area contributed by atoms with Gasteiger partial charge >= 0.3 is 0 Å². The summed E-state index contributed by atoms with van der Waals surface area (Å²) in [5.74, 6) is 0.767. The third-order valence-corrected chi connectivity index (χ3v) is 2.66. The Kier molecular flexibility index (Phi) is 7.41. The fraction of sp³-hybridized carbons (Fsp3) is 0.571. The number of aliphatic hydroxyl groups excluding tert-OH is 1. The summed E-state index contributed by atoms with van der Waals surface area (Å²) in [4.78, 5) is 0. The van der Waals surface area contributed by atoms with Crippen molar-refractivity contribution in [1.29, 1.82) is 0 Å². The molecular formula is C14H23NO3. The molecule has 0 aliphatic rings. The third kappa shape index (κ3) is 5.49. The van der Waals surface area contributed by atoms with Crippen molar-refractivity contribution in [3.63, 3.8) is 0 Å². The van der Waals surface area contributed by atoms with Crippen LogP contribution in [0, 0.1) is 0 Å². The second-order valence-electron chi connectivity index (χ2n) is 4.05. The summed E-state index contributed by atoms with van der Waals surface area (Å²) in [6.45, 7) is 4.89. The van der Waals surface area contributed by atoms with Gasteiger partial charge in [0.1, 0.15) is 5.75 Å². The SMILES string of the molecule is CCOCCCNCC(O)c1cccc(OC)c1. The summed E-state index contributed by atoms with van der Waals surface area (Å²) in [5.41, 5.74) is 0.867. The molecule has 4 nitrogen and oxygen atoms in total. The third-order valence-electron chi connectivity index (χ3n) is 2.66. The monoisotopic (exact) mass is 253 g/mol. The molecule has 4 heteroatoms. The van der Waals surface area contributed by atoms with Gasteiger partial charge in [-0.1, -0.05) is 12.1 Å². The highest BCUT2D eigenvalue weighted by atomic mass is 16.5. The molecule has 0 saturated carbocycles. The molecule has 0 fully saturated rings. The number of hydrogen-bond donors (Lipinski definition) is 2. The van der Waals surface area contributed by atoms with Gasteiger partial charge in [-0.2, -0.15) is 0 Å². The molecule has 18 heavy (non-hydrogen) atoms. The van der Waals surface area contributed by atoms with Gasteiger partial charge in [0.2, 0.25) is 0 Å². The van der Waals surface area contributed by atoms with Crippen LogP contribution in [-0.4, -0.2) is 38.5 Å². The van der Waals surface area contributed by atoms with E-state index >= 15 is 0 Å². The van der Waals surface area contributed by atoms with Crippen LogP contribution in [0.5, 0.6) is 5.75 Å². The lowest BCUT2D eigenvalue weighted by Crippen LogP contribution is -2.23. The fourth-order valence-electron chi connectivity index (χ4n) is 1.65. The summed E-state index contributed by atoms with van der Waals surface area (Å²) in [7, 11) is 1.62. The zero-order valence-corrected chi connectivity index (χ0v) is 11.2. The van der Waals surface area contributed by atoms with E-state index in [2.05, 4.69) is 5.32 Å². The number of methoxy groups -OCH3 is 1. The van der Waals surface area contributed by atoms with E-state index in [4.69, 9.17) is 9.47 Å². The van der Waals surface area contributed by atoms with Crippen molar-refractivity contribution in [3.8, 4) is 5.75 Å². The highest BCUT2D eigenvalue weighted by molar-refractivity contribution is 5.29. The van der Waals surface area contributed by atoms with Crippen molar-refractivity contribution < 1.29 is 14.6 Å². The van der Waals surface area contributed by atoms with Gasteiger partial charge in [-0.15, -0.1) is 0 Å². The van der Waals surface area contributed by atoms with Crippen LogP contribution < -0.4 is 10.1 Å². The zero-order valence-electron chi connectivity index (χ0n) is 11.2. The molecule has 0 aromatic heterocycles. The van der Waals surface area contributed by atoms with E-state index in [9.17, 15) is 5.11 Å². The van der Waals surface area contributed by atoms with E-state index in [1.165, 1.54) is 0 Å². The van der Waals surface area contributed by atoms with Crippen molar-refractivity contribution in [2.45, 2.75) is 19.4 Å². The number of ether oxygens (including phenoxy) is 2. The van der Waals surface area contributed by atoms with Crippen LogP contribution >= 0.6 is 0 Å². The van der Waals surface area contributed by atoms with E-state index in [-0.39, 0.29) is 0 Å². The molecule has 0 spiro atoms. The van der Waals surface area contributed by atoms with E-state index in [1.807, 2.05) is 31.2 Å². The van der Waals surface area contributed by atoms with E-state index in [0.29, 0.717) is 6.54 Å². The van der Waals surface area contributed by atoms with Crippen molar-refractivity contribution in [3.05, 3.63) is 29.8 Å². The van der Waals surface area contributed by atoms with Crippen molar-refractivity contribution in [2.24, 2.45) is 0 Å². The van der Waals surface area contributed by atoms with Crippen LogP contribution in [0.4, 0.5) is 0 Å². The van der Waals surface area contributed by atoms with Crippen LogP contribution in [0.25, 0.3) is 0 Å². The molecule has 0 aliphatic carbocycles. The summed E-state index contributed by atoms with van der Waals surface area (Å²) in [6, 6.07) is 7.50. The smallest absolute Gasteiger partial charge is 0.119 e. The fourth-order valence-corrected chi connectivity index (χ4v) is 1.65. The first-order valence-corrected chi connectivity index (χ1v) is 6.38. The minimum absolute atomic E-state index is 0.507. The van der Waals surface area contributed by atoms with Crippen molar-refractivity contribution in [1.82, 2.24) is 5.32 Å². The molecule has 1 aromatic rings. The Morgan fingerprint density at radius 3 is 2.94 bits per heavy atom. The second kappa shape index (κ2) is 8.91. The lowest BCUT2D eigenvalue weighted by Gasteiger charge is -2.13. The predicted molar refractivity (Wildman–Crippen MR) is 71.9 cm³/mol. The highest BCUT2D eigenvalue weighted by Crippen LogP contribution is 2.18. The maximum absolute atomic E-state index is 9.99. The Morgan fingerprint density at radius 1 is 1.39 bits per heavy atom. The number of aliphatic hydroxyl groups is 1. The normalized spacial score (nSPS) is 12.4. The molecule has 0 amide bonds. The van der Waals surface area contributed by atoms with Crippen LogP contribution in [-0.2, 0) is 4.74 Å². The van der Waals surface area contributed by atoms with Gasteiger partial charge in [-0.25, -0.2) is 0 Å². The first-order chi connectivity index (χ1) is 8.77. The van der Waals surface area contributed by atoms with Gasteiger partial charge in [0.25, 0.3) is 0 Å². The van der Waals surface area contributed by atoms with Crippen LogP contribution in [0.15, 0.2) is 24.3 Å². The molecule has 1 atom stereocenters. The maximum Gasteiger partial charge on any atom is 0.119 e. The quantitative estimate of drug-likeness (QED) is 0.658. The standard InChI is InChI=1S/C14H23NO3/c1-3-18-9-5-8-15-11-14(16)12-6-4-7-13(10-12)17-2/h4,6-7,10,14-16H,3,5,8-9,11H2,1-2H3. The van der Waals surface area contributed by atoms with Crippen molar-refractivity contribution >= 4 is 0 Å². The zero-order chi connectivity index (χ0) is 13.2. The molecule has 1 rings (SSSR count). The van der Waals surface area contributed by atoms with Gasteiger partial charge in [-0.3, -0.25) is 0 Å². The highest BCUT2D eigenvalue weighted by Gasteiger charge is 2.07. The molecule has 0 bridgehead atoms. The van der Waals surface area contributed by atoms with Crippen molar-refractivity contribution in [2.75, 3.05) is 33.4 Å². The molecule has 1 aromatic carbocycles. The molecular weight excluding hydrogens is 230 g/mol. The molecule has 0 aliphatic heterocycles. The van der Waals surface area contributed by atoms with Crippen LogP contribution in [0.1, 0.15) is 25.0 Å².